The Morgan fingerprint density at radius 3 is 2.52 bits per heavy atom. The maximum Gasteiger partial charge on any atom is 0.163 e. The van der Waals surface area contributed by atoms with Crippen molar-refractivity contribution in [2.24, 2.45) is 11.7 Å². The van der Waals surface area contributed by atoms with E-state index in [4.69, 9.17) is 15.5 Å². The molecule has 0 saturated heterocycles. The Labute approximate surface area is 161 Å². The van der Waals surface area contributed by atoms with Crippen LogP contribution in [0.1, 0.15) is 45.5 Å². The van der Waals surface area contributed by atoms with E-state index in [-0.39, 0.29) is 6.04 Å². The number of aromatic nitrogens is 4. The molecule has 146 valence electrons. The van der Waals surface area contributed by atoms with Crippen molar-refractivity contribution in [2.75, 3.05) is 6.61 Å². The number of nitrogens with zero attached hydrogens (tertiary/aromatic N) is 4. The van der Waals surface area contributed by atoms with Gasteiger partial charge in [-0.1, -0.05) is 20.8 Å². The number of fused-ring (bicyclic) bond motifs is 1. The Kier molecular flexibility index (Phi) is 7.30. The van der Waals surface area contributed by atoms with Gasteiger partial charge in [-0.3, -0.25) is 0 Å². The molecule has 0 amide bonds. The Morgan fingerprint density at radius 1 is 1.11 bits per heavy atom. The van der Waals surface area contributed by atoms with E-state index in [0.717, 1.165) is 40.5 Å². The SMILES string of the molecule is CC.Cc1cn2nccc(-c3ccc(OCC(C)CC(C)N)c(C)n3)c2n1. The summed E-state index contributed by atoms with van der Waals surface area (Å²) in [5.74, 6) is 1.22. The summed E-state index contributed by atoms with van der Waals surface area (Å²) >= 11 is 0. The molecule has 0 aliphatic heterocycles. The molecule has 3 rings (SSSR count). The smallest absolute Gasteiger partial charge is 0.163 e. The van der Waals surface area contributed by atoms with Crippen LogP contribution in [-0.4, -0.2) is 32.2 Å². The number of pyridine rings is 1. The van der Waals surface area contributed by atoms with E-state index in [1.165, 1.54) is 0 Å². The third-order valence-corrected chi connectivity index (χ3v) is 4.09. The molecule has 0 fully saturated rings. The van der Waals surface area contributed by atoms with Crippen molar-refractivity contribution in [1.29, 1.82) is 0 Å². The van der Waals surface area contributed by atoms with Gasteiger partial charge in [-0.25, -0.2) is 14.5 Å². The molecule has 3 aromatic heterocycles. The topological polar surface area (TPSA) is 78.3 Å². The van der Waals surface area contributed by atoms with E-state index in [1.807, 2.05) is 59.0 Å². The van der Waals surface area contributed by atoms with Gasteiger partial charge in [0.2, 0.25) is 0 Å². The first-order valence-electron chi connectivity index (χ1n) is 9.61. The third kappa shape index (κ3) is 5.26. The maximum atomic E-state index is 5.93. The zero-order valence-corrected chi connectivity index (χ0v) is 17.2. The predicted octanol–water partition coefficient (Wildman–Crippen LogP) is 4.19. The predicted molar refractivity (Wildman–Crippen MR) is 110 cm³/mol. The van der Waals surface area contributed by atoms with Gasteiger partial charge in [-0.05, 0) is 51.3 Å². The zero-order valence-electron chi connectivity index (χ0n) is 17.2. The van der Waals surface area contributed by atoms with Crippen LogP contribution in [-0.2, 0) is 0 Å². The Morgan fingerprint density at radius 2 is 1.85 bits per heavy atom. The first-order valence-corrected chi connectivity index (χ1v) is 9.61. The van der Waals surface area contributed by atoms with Gasteiger partial charge in [-0.15, -0.1) is 0 Å². The average molecular weight is 370 g/mol. The Hall–Kier alpha value is -2.47. The fourth-order valence-electron chi connectivity index (χ4n) is 3.00. The molecule has 2 atom stereocenters. The second-order valence-corrected chi connectivity index (χ2v) is 6.80. The van der Waals surface area contributed by atoms with Crippen LogP contribution in [0.2, 0.25) is 0 Å². The van der Waals surface area contributed by atoms with Crippen LogP contribution < -0.4 is 10.5 Å². The van der Waals surface area contributed by atoms with E-state index in [2.05, 4.69) is 17.0 Å². The lowest BCUT2D eigenvalue weighted by Gasteiger charge is -2.16. The fourth-order valence-corrected chi connectivity index (χ4v) is 3.00. The van der Waals surface area contributed by atoms with Crippen molar-refractivity contribution in [2.45, 2.75) is 54.0 Å². The van der Waals surface area contributed by atoms with Crippen LogP contribution in [0.5, 0.6) is 5.75 Å². The maximum absolute atomic E-state index is 5.93. The van der Waals surface area contributed by atoms with Gasteiger partial charge in [0.1, 0.15) is 5.75 Å². The summed E-state index contributed by atoms with van der Waals surface area (Å²) in [5.41, 5.74) is 10.3. The first-order chi connectivity index (χ1) is 12.9. The Balaban J connectivity index is 0.00000126. The van der Waals surface area contributed by atoms with Crippen LogP contribution in [0.4, 0.5) is 0 Å². The van der Waals surface area contributed by atoms with Crippen molar-refractivity contribution in [3.63, 3.8) is 0 Å². The van der Waals surface area contributed by atoms with E-state index < -0.39 is 0 Å². The number of rotatable bonds is 6. The van der Waals surface area contributed by atoms with Gasteiger partial charge in [-0.2, -0.15) is 5.10 Å². The molecule has 2 unspecified atom stereocenters. The molecule has 3 aromatic rings. The standard InChI is InChI=1S/C19H25N5O.C2H6/c1-12(9-13(2)20)11-25-18-6-5-17(23-15(18)4)16-7-8-21-24-10-14(3)22-19(16)24;1-2/h5-8,10,12-13H,9,11,20H2,1-4H3;1-2H3. The lowest BCUT2D eigenvalue weighted by atomic mass is 10.0. The first kappa shape index (κ1) is 20.8. The molecule has 3 heterocycles. The molecule has 27 heavy (non-hydrogen) atoms. The summed E-state index contributed by atoms with van der Waals surface area (Å²) < 4.78 is 7.71. The van der Waals surface area contributed by atoms with Crippen LogP contribution in [0.3, 0.4) is 0 Å². The summed E-state index contributed by atoms with van der Waals surface area (Å²) in [6, 6.07) is 6.07. The molecule has 0 saturated carbocycles. The van der Waals surface area contributed by atoms with Crippen molar-refractivity contribution < 1.29 is 4.74 Å². The lowest BCUT2D eigenvalue weighted by Crippen LogP contribution is -2.21. The molecular weight excluding hydrogens is 338 g/mol. The van der Waals surface area contributed by atoms with E-state index in [9.17, 15) is 0 Å². The molecule has 6 nitrogen and oxygen atoms in total. The van der Waals surface area contributed by atoms with E-state index in [0.29, 0.717) is 12.5 Å². The third-order valence-electron chi connectivity index (χ3n) is 4.09. The van der Waals surface area contributed by atoms with Gasteiger partial charge in [0, 0.05) is 17.8 Å². The molecule has 0 bridgehead atoms. The van der Waals surface area contributed by atoms with E-state index in [1.54, 1.807) is 10.7 Å². The monoisotopic (exact) mass is 369 g/mol. The molecule has 2 N–H and O–H groups in total. The van der Waals surface area contributed by atoms with Crippen molar-refractivity contribution in [3.8, 4) is 17.0 Å². The number of imidazole rings is 1. The second kappa shape index (κ2) is 9.46. The minimum absolute atomic E-state index is 0.187. The highest BCUT2D eigenvalue weighted by atomic mass is 16.5. The quantitative estimate of drug-likeness (QED) is 0.705. The minimum atomic E-state index is 0.187. The van der Waals surface area contributed by atoms with Crippen molar-refractivity contribution in [3.05, 3.63) is 42.0 Å². The van der Waals surface area contributed by atoms with Gasteiger partial charge in [0.15, 0.2) is 5.65 Å². The number of ether oxygens (including phenoxy) is 1. The van der Waals surface area contributed by atoms with Crippen LogP contribution in [0.25, 0.3) is 16.9 Å². The highest BCUT2D eigenvalue weighted by Crippen LogP contribution is 2.26. The fraction of sp³-hybridized carbons (Fsp3) is 0.476. The van der Waals surface area contributed by atoms with Gasteiger partial charge in [0.25, 0.3) is 0 Å². The van der Waals surface area contributed by atoms with Gasteiger partial charge in [0.05, 0.1) is 29.9 Å². The molecule has 0 radical (unpaired) electrons. The zero-order chi connectivity index (χ0) is 20.0. The molecular formula is C21H31N5O. The largest absolute Gasteiger partial charge is 0.491 e. The summed E-state index contributed by atoms with van der Waals surface area (Å²) in [7, 11) is 0. The van der Waals surface area contributed by atoms with Crippen LogP contribution in [0, 0.1) is 19.8 Å². The van der Waals surface area contributed by atoms with Crippen molar-refractivity contribution in [1.82, 2.24) is 19.6 Å². The summed E-state index contributed by atoms with van der Waals surface area (Å²) in [6.45, 7) is 12.7. The number of hydrogen-bond acceptors (Lipinski definition) is 5. The Bertz CT molecular complexity index is 872. The second-order valence-electron chi connectivity index (χ2n) is 6.80. The van der Waals surface area contributed by atoms with Crippen LogP contribution >= 0.6 is 0 Å². The van der Waals surface area contributed by atoms with Gasteiger partial charge >= 0.3 is 0 Å². The molecule has 0 aromatic carbocycles. The number of hydrogen-bond donors (Lipinski definition) is 1. The highest BCUT2D eigenvalue weighted by Gasteiger charge is 2.12. The number of aryl methyl sites for hydroxylation is 2. The minimum Gasteiger partial charge on any atom is -0.491 e. The van der Waals surface area contributed by atoms with E-state index >= 15 is 0 Å². The van der Waals surface area contributed by atoms with Crippen LogP contribution in [0.15, 0.2) is 30.6 Å². The summed E-state index contributed by atoms with van der Waals surface area (Å²) in [4.78, 5) is 9.26. The average Bonchev–Trinajstić information content (AvgIpc) is 3.02. The lowest BCUT2D eigenvalue weighted by molar-refractivity contribution is 0.244. The highest BCUT2D eigenvalue weighted by molar-refractivity contribution is 5.74. The summed E-state index contributed by atoms with van der Waals surface area (Å²) in [6.07, 6.45) is 4.61. The summed E-state index contributed by atoms with van der Waals surface area (Å²) in [5, 5.41) is 4.29. The van der Waals surface area contributed by atoms with Gasteiger partial charge < -0.3 is 10.5 Å². The molecule has 0 spiro atoms. The molecule has 0 aliphatic carbocycles. The van der Waals surface area contributed by atoms with Crippen molar-refractivity contribution >= 4 is 5.65 Å². The molecule has 6 heteroatoms. The molecule has 0 aliphatic rings. The number of nitrogens with two attached hydrogens (primary N) is 1. The normalized spacial score (nSPS) is 13.0.